The molecule has 0 saturated carbocycles. The van der Waals surface area contributed by atoms with Gasteiger partial charge in [0.05, 0.1) is 12.7 Å². The molecule has 2 heteroatoms. The van der Waals surface area contributed by atoms with E-state index in [0.29, 0.717) is 12.1 Å². The summed E-state index contributed by atoms with van der Waals surface area (Å²) in [7, 11) is 0. The van der Waals surface area contributed by atoms with E-state index in [1.165, 1.54) is 0 Å². The maximum absolute atomic E-state index is 5.46. The van der Waals surface area contributed by atoms with Gasteiger partial charge in [-0.3, -0.25) is 0 Å². The molecule has 0 amide bonds. The van der Waals surface area contributed by atoms with Crippen molar-refractivity contribution in [3.05, 3.63) is 12.7 Å². The Kier molecular flexibility index (Phi) is 7.11. The second kappa shape index (κ2) is 7.32. The molecular weight excluding hydrogens is 150 g/mol. The predicted octanol–water partition coefficient (Wildman–Crippen LogP) is 1.97. The monoisotopic (exact) mass is 171 g/mol. The minimum absolute atomic E-state index is 0.298. The number of rotatable bonds is 7. The molecule has 0 radical (unpaired) electrons. The van der Waals surface area contributed by atoms with Crippen LogP contribution in [0.4, 0.5) is 0 Å². The summed E-state index contributed by atoms with van der Waals surface area (Å²) in [6.07, 6.45) is 3.35. The van der Waals surface area contributed by atoms with Crippen LogP contribution in [0.5, 0.6) is 0 Å². The van der Waals surface area contributed by atoms with Crippen molar-refractivity contribution in [2.24, 2.45) is 0 Å². The molecule has 0 bridgehead atoms. The molecular formula is C10H21NO. The first-order chi connectivity index (χ1) is 5.70. The van der Waals surface area contributed by atoms with Crippen LogP contribution in [0.25, 0.3) is 0 Å². The van der Waals surface area contributed by atoms with Gasteiger partial charge in [-0.25, -0.2) is 0 Å². The van der Waals surface area contributed by atoms with Crippen LogP contribution in [0, 0.1) is 0 Å². The van der Waals surface area contributed by atoms with Crippen LogP contribution in [0.3, 0.4) is 0 Å². The van der Waals surface area contributed by atoms with Gasteiger partial charge in [-0.05, 0) is 26.8 Å². The summed E-state index contributed by atoms with van der Waals surface area (Å²) < 4.78 is 5.46. The molecule has 0 rings (SSSR count). The lowest BCUT2D eigenvalue weighted by Gasteiger charge is -2.16. The Labute approximate surface area is 76.0 Å². The van der Waals surface area contributed by atoms with Gasteiger partial charge in [0.25, 0.3) is 0 Å². The fraction of sp³-hybridized carbons (Fsp3) is 0.800. The fourth-order valence-electron chi connectivity index (χ4n) is 0.836. The van der Waals surface area contributed by atoms with Gasteiger partial charge in [0.1, 0.15) is 0 Å². The van der Waals surface area contributed by atoms with Crippen molar-refractivity contribution in [3.8, 4) is 0 Å². The molecule has 12 heavy (non-hydrogen) atoms. The largest absolute Gasteiger partial charge is 0.377 e. The third-order valence-corrected chi connectivity index (χ3v) is 1.55. The Balaban J connectivity index is 3.46. The zero-order valence-corrected chi connectivity index (χ0v) is 8.47. The summed E-state index contributed by atoms with van der Waals surface area (Å²) >= 11 is 0. The smallest absolute Gasteiger partial charge is 0.0658 e. The molecule has 0 aromatic carbocycles. The Morgan fingerprint density at radius 3 is 2.58 bits per heavy atom. The Morgan fingerprint density at radius 2 is 2.17 bits per heavy atom. The normalized spacial score (nSPS) is 13.3. The second-order valence-electron chi connectivity index (χ2n) is 3.18. The minimum atomic E-state index is 0.298. The first-order valence-corrected chi connectivity index (χ1v) is 4.68. The Hall–Kier alpha value is -0.340. The van der Waals surface area contributed by atoms with Gasteiger partial charge < -0.3 is 10.1 Å². The molecule has 0 spiro atoms. The summed E-state index contributed by atoms with van der Waals surface area (Å²) in [5.74, 6) is 0. The second-order valence-corrected chi connectivity index (χ2v) is 3.18. The molecule has 1 N–H and O–H groups in total. The number of hydrogen-bond acceptors (Lipinski definition) is 2. The van der Waals surface area contributed by atoms with Crippen LogP contribution in [0.2, 0.25) is 0 Å². The molecule has 2 nitrogen and oxygen atoms in total. The van der Waals surface area contributed by atoms with Crippen LogP contribution in [0.1, 0.15) is 27.2 Å². The quantitative estimate of drug-likeness (QED) is 0.591. The summed E-state index contributed by atoms with van der Waals surface area (Å²) in [6, 6.07) is 0.298. The standard InChI is InChI=1S/C10H21NO/c1-5-7-11-10(6-2)8-12-9(3)4/h6,9-11H,2,5,7-8H2,1,3-4H3. The van der Waals surface area contributed by atoms with Crippen LogP contribution >= 0.6 is 0 Å². The van der Waals surface area contributed by atoms with Gasteiger partial charge in [0, 0.05) is 6.04 Å². The highest BCUT2D eigenvalue weighted by molar-refractivity contribution is 4.85. The van der Waals surface area contributed by atoms with E-state index in [9.17, 15) is 0 Å². The SMILES string of the molecule is C=CC(COC(C)C)NCCC. The van der Waals surface area contributed by atoms with Crippen molar-refractivity contribution in [2.75, 3.05) is 13.2 Å². The first-order valence-electron chi connectivity index (χ1n) is 4.68. The van der Waals surface area contributed by atoms with Gasteiger partial charge in [-0.1, -0.05) is 13.0 Å². The van der Waals surface area contributed by atoms with E-state index < -0.39 is 0 Å². The fourth-order valence-corrected chi connectivity index (χ4v) is 0.836. The van der Waals surface area contributed by atoms with Crippen LogP contribution in [0.15, 0.2) is 12.7 Å². The average molecular weight is 171 g/mol. The topological polar surface area (TPSA) is 21.3 Å². The molecule has 72 valence electrons. The number of hydrogen-bond donors (Lipinski definition) is 1. The van der Waals surface area contributed by atoms with Crippen molar-refractivity contribution in [3.63, 3.8) is 0 Å². The van der Waals surface area contributed by atoms with Crippen LogP contribution in [-0.4, -0.2) is 25.3 Å². The molecule has 0 aliphatic carbocycles. The molecule has 0 aromatic rings. The first kappa shape index (κ1) is 11.7. The molecule has 1 unspecified atom stereocenters. The van der Waals surface area contributed by atoms with E-state index in [-0.39, 0.29) is 0 Å². The zero-order chi connectivity index (χ0) is 9.40. The van der Waals surface area contributed by atoms with E-state index in [1.54, 1.807) is 0 Å². The summed E-state index contributed by atoms with van der Waals surface area (Å²) in [6.45, 7) is 11.7. The van der Waals surface area contributed by atoms with Crippen molar-refractivity contribution < 1.29 is 4.74 Å². The van der Waals surface area contributed by atoms with E-state index in [1.807, 2.05) is 19.9 Å². The zero-order valence-electron chi connectivity index (χ0n) is 8.47. The highest BCUT2D eigenvalue weighted by Gasteiger charge is 2.03. The molecule has 0 saturated heterocycles. The molecule has 0 heterocycles. The van der Waals surface area contributed by atoms with Gasteiger partial charge in [-0.2, -0.15) is 0 Å². The summed E-state index contributed by atoms with van der Waals surface area (Å²) in [5.41, 5.74) is 0. The maximum Gasteiger partial charge on any atom is 0.0658 e. The van der Waals surface area contributed by atoms with E-state index in [4.69, 9.17) is 4.74 Å². The third kappa shape index (κ3) is 6.38. The minimum Gasteiger partial charge on any atom is -0.377 e. The summed E-state index contributed by atoms with van der Waals surface area (Å²) in [5, 5.41) is 3.33. The van der Waals surface area contributed by atoms with Gasteiger partial charge >= 0.3 is 0 Å². The lowest BCUT2D eigenvalue weighted by molar-refractivity contribution is 0.0695. The van der Waals surface area contributed by atoms with Crippen molar-refractivity contribution in [1.29, 1.82) is 0 Å². The molecule has 0 fully saturated rings. The van der Waals surface area contributed by atoms with Crippen molar-refractivity contribution in [2.45, 2.75) is 39.3 Å². The lowest BCUT2D eigenvalue weighted by Crippen LogP contribution is -2.32. The lowest BCUT2D eigenvalue weighted by atomic mass is 10.3. The van der Waals surface area contributed by atoms with Crippen LogP contribution < -0.4 is 5.32 Å². The molecule has 0 aliphatic rings. The van der Waals surface area contributed by atoms with E-state index >= 15 is 0 Å². The Morgan fingerprint density at radius 1 is 1.50 bits per heavy atom. The molecule has 0 aliphatic heterocycles. The third-order valence-electron chi connectivity index (χ3n) is 1.55. The Bertz CT molecular complexity index is 112. The van der Waals surface area contributed by atoms with E-state index in [2.05, 4.69) is 18.8 Å². The number of nitrogens with one attached hydrogen (secondary N) is 1. The predicted molar refractivity (Wildman–Crippen MR) is 53.4 cm³/mol. The molecule has 1 atom stereocenters. The molecule has 0 aromatic heterocycles. The maximum atomic E-state index is 5.46. The van der Waals surface area contributed by atoms with Crippen molar-refractivity contribution in [1.82, 2.24) is 5.32 Å². The van der Waals surface area contributed by atoms with Crippen LogP contribution in [-0.2, 0) is 4.74 Å². The van der Waals surface area contributed by atoms with Gasteiger partial charge in [0.15, 0.2) is 0 Å². The van der Waals surface area contributed by atoms with Gasteiger partial charge in [0.2, 0.25) is 0 Å². The summed E-state index contributed by atoms with van der Waals surface area (Å²) in [4.78, 5) is 0. The van der Waals surface area contributed by atoms with Gasteiger partial charge in [-0.15, -0.1) is 6.58 Å². The highest BCUT2D eigenvalue weighted by atomic mass is 16.5. The van der Waals surface area contributed by atoms with Crippen molar-refractivity contribution >= 4 is 0 Å². The highest BCUT2D eigenvalue weighted by Crippen LogP contribution is 1.92. The van der Waals surface area contributed by atoms with E-state index in [0.717, 1.165) is 19.6 Å². The average Bonchev–Trinajstić information content (AvgIpc) is 2.05. The number of ether oxygens (including phenoxy) is 1.